The molecule has 1 aromatic rings. The van der Waals surface area contributed by atoms with Gasteiger partial charge in [-0.3, -0.25) is 0 Å². The van der Waals surface area contributed by atoms with E-state index in [1.165, 1.54) is 0 Å². The van der Waals surface area contributed by atoms with E-state index in [0.29, 0.717) is 11.4 Å². The SMILES string of the molecule is Cc1ncc(C#N)c(N2CCN(C)CC2)n1. The lowest BCUT2D eigenvalue weighted by molar-refractivity contribution is 0.312. The van der Waals surface area contributed by atoms with Crippen molar-refractivity contribution in [2.75, 3.05) is 38.1 Å². The van der Waals surface area contributed by atoms with Crippen LogP contribution in [0.1, 0.15) is 11.4 Å². The summed E-state index contributed by atoms with van der Waals surface area (Å²) in [4.78, 5) is 12.9. The zero-order valence-corrected chi connectivity index (χ0v) is 9.64. The third-order valence-electron chi connectivity index (χ3n) is 2.81. The lowest BCUT2D eigenvalue weighted by Gasteiger charge is -2.33. The molecule has 1 aromatic heterocycles. The molecule has 16 heavy (non-hydrogen) atoms. The average Bonchev–Trinajstić information content (AvgIpc) is 2.30. The number of piperazine rings is 1. The molecule has 0 saturated carbocycles. The van der Waals surface area contributed by atoms with E-state index in [1.807, 2.05) is 6.92 Å². The molecule has 1 aliphatic heterocycles. The van der Waals surface area contributed by atoms with Crippen LogP contribution in [0.15, 0.2) is 6.20 Å². The Kier molecular flexibility index (Phi) is 3.02. The van der Waals surface area contributed by atoms with E-state index in [0.717, 1.165) is 32.0 Å². The molecular formula is C11H15N5. The maximum absolute atomic E-state index is 9.02. The van der Waals surface area contributed by atoms with Crippen LogP contribution in [0.5, 0.6) is 0 Å². The Morgan fingerprint density at radius 1 is 1.31 bits per heavy atom. The Balaban J connectivity index is 2.26. The first kappa shape index (κ1) is 10.8. The third-order valence-corrected chi connectivity index (χ3v) is 2.81. The van der Waals surface area contributed by atoms with E-state index >= 15 is 0 Å². The minimum absolute atomic E-state index is 0.565. The summed E-state index contributed by atoms with van der Waals surface area (Å²) < 4.78 is 0. The van der Waals surface area contributed by atoms with Gasteiger partial charge < -0.3 is 9.80 Å². The normalized spacial score (nSPS) is 17.2. The van der Waals surface area contributed by atoms with Gasteiger partial charge in [-0.15, -0.1) is 0 Å². The van der Waals surface area contributed by atoms with Gasteiger partial charge in [0.15, 0.2) is 0 Å². The highest BCUT2D eigenvalue weighted by Crippen LogP contribution is 2.17. The molecule has 2 rings (SSSR count). The number of likely N-dealkylation sites (N-methyl/N-ethyl adjacent to an activating group) is 1. The van der Waals surface area contributed by atoms with Crippen LogP contribution in [0.4, 0.5) is 5.82 Å². The topological polar surface area (TPSA) is 56.1 Å². The molecule has 1 saturated heterocycles. The molecule has 0 bridgehead atoms. The molecular weight excluding hydrogens is 202 g/mol. The van der Waals surface area contributed by atoms with Crippen molar-refractivity contribution in [3.8, 4) is 6.07 Å². The van der Waals surface area contributed by atoms with Crippen LogP contribution in [0.2, 0.25) is 0 Å². The van der Waals surface area contributed by atoms with Gasteiger partial charge in [0, 0.05) is 26.2 Å². The van der Waals surface area contributed by atoms with Crippen LogP contribution in [0.3, 0.4) is 0 Å². The minimum Gasteiger partial charge on any atom is -0.353 e. The van der Waals surface area contributed by atoms with Crippen molar-refractivity contribution in [2.24, 2.45) is 0 Å². The van der Waals surface area contributed by atoms with Crippen molar-refractivity contribution in [3.05, 3.63) is 17.6 Å². The Labute approximate surface area is 95.3 Å². The molecule has 0 unspecified atom stereocenters. The Bertz CT molecular complexity index is 415. The van der Waals surface area contributed by atoms with Crippen LogP contribution >= 0.6 is 0 Å². The summed E-state index contributed by atoms with van der Waals surface area (Å²) in [5.41, 5.74) is 0.565. The quantitative estimate of drug-likeness (QED) is 0.682. The summed E-state index contributed by atoms with van der Waals surface area (Å²) in [6.07, 6.45) is 1.61. The lowest BCUT2D eigenvalue weighted by Crippen LogP contribution is -2.45. The van der Waals surface area contributed by atoms with Gasteiger partial charge in [0.1, 0.15) is 23.3 Å². The summed E-state index contributed by atoms with van der Waals surface area (Å²) in [7, 11) is 2.10. The summed E-state index contributed by atoms with van der Waals surface area (Å²) in [6, 6.07) is 2.15. The second kappa shape index (κ2) is 4.45. The van der Waals surface area contributed by atoms with Gasteiger partial charge in [-0.25, -0.2) is 9.97 Å². The predicted octanol–water partition coefficient (Wildman–Crippen LogP) is 0.408. The third kappa shape index (κ3) is 2.12. The van der Waals surface area contributed by atoms with E-state index < -0.39 is 0 Å². The number of aromatic nitrogens is 2. The first-order chi connectivity index (χ1) is 7.70. The van der Waals surface area contributed by atoms with Crippen molar-refractivity contribution in [1.82, 2.24) is 14.9 Å². The number of anilines is 1. The average molecular weight is 217 g/mol. The highest BCUT2D eigenvalue weighted by atomic mass is 15.3. The van der Waals surface area contributed by atoms with E-state index in [-0.39, 0.29) is 0 Å². The second-order valence-electron chi connectivity index (χ2n) is 4.06. The standard InChI is InChI=1S/C11H15N5/c1-9-13-8-10(7-12)11(14-9)16-5-3-15(2)4-6-16/h8H,3-6H2,1-2H3. The zero-order valence-electron chi connectivity index (χ0n) is 9.64. The zero-order chi connectivity index (χ0) is 11.5. The van der Waals surface area contributed by atoms with Crippen LogP contribution in [-0.2, 0) is 0 Å². The van der Waals surface area contributed by atoms with E-state index in [1.54, 1.807) is 6.20 Å². The molecule has 1 aliphatic rings. The fraction of sp³-hybridized carbons (Fsp3) is 0.545. The van der Waals surface area contributed by atoms with E-state index in [2.05, 4.69) is 32.9 Å². The van der Waals surface area contributed by atoms with Gasteiger partial charge in [-0.2, -0.15) is 5.26 Å². The van der Waals surface area contributed by atoms with Gasteiger partial charge in [0.05, 0.1) is 6.20 Å². The molecule has 84 valence electrons. The molecule has 5 heteroatoms. The van der Waals surface area contributed by atoms with Crippen molar-refractivity contribution in [2.45, 2.75) is 6.92 Å². The van der Waals surface area contributed by atoms with Crippen molar-refractivity contribution in [3.63, 3.8) is 0 Å². The van der Waals surface area contributed by atoms with Gasteiger partial charge in [0.2, 0.25) is 0 Å². The van der Waals surface area contributed by atoms with Crippen LogP contribution in [0, 0.1) is 18.3 Å². The monoisotopic (exact) mass is 217 g/mol. The minimum atomic E-state index is 0.565. The smallest absolute Gasteiger partial charge is 0.150 e. The highest BCUT2D eigenvalue weighted by Gasteiger charge is 2.18. The Morgan fingerprint density at radius 2 is 2.00 bits per heavy atom. The summed E-state index contributed by atoms with van der Waals surface area (Å²) in [5.74, 6) is 1.50. The van der Waals surface area contributed by atoms with Gasteiger partial charge in [-0.05, 0) is 14.0 Å². The molecule has 0 N–H and O–H groups in total. The van der Waals surface area contributed by atoms with Crippen molar-refractivity contribution < 1.29 is 0 Å². The second-order valence-corrected chi connectivity index (χ2v) is 4.06. The predicted molar refractivity (Wildman–Crippen MR) is 61.2 cm³/mol. The molecule has 2 heterocycles. The maximum atomic E-state index is 9.02. The first-order valence-electron chi connectivity index (χ1n) is 5.38. The maximum Gasteiger partial charge on any atom is 0.150 e. The number of hydrogen-bond acceptors (Lipinski definition) is 5. The number of nitriles is 1. The fourth-order valence-electron chi connectivity index (χ4n) is 1.80. The molecule has 0 atom stereocenters. The molecule has 0 spiro atoms. The molecule has 5 nitrogen and oxygen atoms in total. The summed E-state index contributed by atoms with van der Waals surface area (Å²) in [6.45, 7) is 5.70. The van der Waals surface area contributed by atoms with Crippen molar-refractivity contribution in [1.29, 1.82) is 5.26 Å². The molecule has 0 aromatic carbocycles. The summed E-state index contributed by atoms with van der Waals surface area (Å²) in [5, 5.41) is 9.02. The van der Waals surface area contributed by atoms with Crippen LogP contribution in [-0.4, -0.2) is 48.1 Å². The Hall–Kier alpha value is -1.67. The van der Waals surface area contributed by atoms with Crippen LogP contribution in [0.25, 0.3) is 0 Å². The largest absolute Gasteiger partial charge is 0.353 e. The number of nitrogens with zero attached hydrogens (tertiary/aromatic N) is 5. The first-order valence-corrected chi connectivity index (χ1v) is 5.38. The number of hydrogen-bond donors (Lipinski definition) is 0. The van der Waals surface area contributed by atoms with E-state index in [9.17, 15) is 0 Å². The highest BCUT2D eigenvalue weighted by molar-refractivity contribution is 5.53. The Morgan fingerprint density at radius 3 is 2.62 bits per heavy atom. The van der Waals surface area contributed by atoms with Crippen molar-refractivity contribution >= 4 is 5.82 Å². The summed E-state index contributed by atoms with van der Waals surface area (Å²) >= 11 is 0. The van der Waals surface area contributed by atoms with Gasteiger partial charge in [0.25, 0.3) is 0 Å². The molecule has 0 aliphatic carbocycles. The number of rotatable bonds is 1. The van der Waals surface area contributed by atoms with Gasteiger partial charge in [-0.1, -0.05) is 0 Å². The van der Waals surface area contributed by atoms with Gasteiger partial charge >= 0.3 is 0 Å². The fourth-order valence-corrected chi connectivity index (χ4v) is 1.80. The van der Waals surface area contributed by atoms with Crippen LogP contribution < -0.4 is 4.90 Å². The molecule has 0 amide bonds. The lowest BCUT2D eigenvalue weighted by atomic mass is 10.2. The van der Waals surface area contributed by atoms with E-state index in [4.69, 9.17) is 5.26 Å². The number of aryl methyl sites for hydroxylation is 1. The molecule has 0 radical (unpaired) electrons. The molecule has 1 fully saturated rings.